The highest BCUT2D eigenvalue weighted by Gasteiger charge is 2.25. The number of pyridine rings is 1. The van der Waals surface area contributed by atoms with Crippen molar-refractivity contribution in [2.45, 2.75) is 18.8 Å². The van der Waals surface area contributed by atoms with Crippen molar-refractivity contribution in [3.05, 3.63) is 54.1 Å². The summed E-state index contributed by atoms with van der Waals surface area (Å²) >= 11 is 0. The number of H-pyrrole nitrogens is 1. The predicted octanol–water partition coefficient (Wildman–Crippen LogP) is 3.79. The lowest BCUT2D eigenvalue weighted by atomic mass is 9.88. The first-order chi connectivity index (χ1) is 12.8. The van der Waals surface area contributed by atoms with Crippen molar-refractivity contribution in [3.8, 4) is 22.4 Å². The Labute approximate surface area is 152 Å². The van der Waals surface area contributed by atoms with Gasteiger partial charge < -0.3 is 10.6 Å². The number of aromatic nitrogens is 3. The number of benzene rings is 1. The summed E-state index contributed by atoms with van der Waals surface area (Å²) in [4.78, 5) is 4.32. The van der Waals surface area contributed by atoms with Crippen molar-refractivity contribution in [2.24, 2.45) is 0 Å². The maximum absolute atomic E-state index is 13.4. The molecule has 5 nitrogen and oxygen atoms in total. The first-order valence-corrected chi connectivity index (χ1v) is 8.95. The fourth-order valence-electron chi connectivity index (χ4n) is 3.59. The van der Waals surface area contributed by atoms with Gasteiger partial charge in [0.2, 0.25) is 0 Å². The van der Waals surface area contributed by atoms with Gasteiger partial charge in [0.25, 0.3) is 0 Å². The van der Waals surface area contributed by atoms with Gasteiger partial charge in [-0.1, -0.05) is 0 Å². The van der Waals surface area contributed by atoms with Gasteiger partial charge in [-0.2, -0.15) is 5.10 Å². The molecule has 1 aromatic carbocycles. The molecule has 2 aromatic heterocycles. The molecule has 6 heteroatoms. The molecule has 3 N–H and O–H groups in total. The SMILES string of the molecule is CNc1cc(-c2c(-c3ccc(F)cc3)n[nH]c2C2CCNCC2)ccn1. The second kappa shape index (κ2) is 7.25. The summed E-state index contributed by atoms with van der Waals surface area (Å²) in [5, 5.41) is 14.4. The van der Waals surface area contributed by atoms with Crippen LogP contribution >= 0.6 is 0 Å². The van der Waals surface area contributed by atoms with Crippen molar-refractivity contribution in [3.63, 3.8) is 0 Å². The third-order valence-electron chi connectivity index (χ3n) is 4.96. The molecule has 0 amide bonds. The molecule has 1 aliphatic heterocycles. The Kier molecular flexibility index (Phi) is 4.67. The fraction of sp³-hybridized carbons (Fsp3) is 0.300. The van der Waals surface area contributed by atoms with E-state index in [1.54, 1.807) is 18.3 Å². The number of nitrogens with zero attached hydrogens (tertiary/aromatic N) is 2. The monoisotopic (exact) mass is 351 g/mol. The van der Waals surface area contributed by atoms with Gasteiger partial charge in [0, 0.05) is 36.0 Å². The molecule has 1 aliphatic rings. The van der Waals surface area contributed by atoms with Crippen molar-refractivity contribution in [1.82, 2.24) is 20.5 Å². The summed E-state index contributed by atoms with van der Waals surface area (Å²) in [6.07, 6.45) is 3.94. The zero-order valence-corrected chi connectivity index (χ0v) is 14.7. The average molecular weight is 351 g/mol. The molecule has 3 aromatic rings. The minimum atomic E-state index is -0.245. The van der Waals surface area contributed by atoms with E-state index >= 15 is 0 Å². The topological polar surface area (TPSA) is 65.6 Å². The number of halogens is 1. The molecule has 1 saturated heterocycles. The average Bonchev–Trinajstić information content (AvgIpc) is 3.14. The standard InChI is InChI=1S/C20H22FN5/c1-22-17-12-15(8-11-24-17)18-19(13-2-4-16(21)5-3-13)25-26-20(18)14-6-9-23-10-7-14/h2-5,8,11-12,14,23H,6-7,9-10H2,1H3,(H,22,24)(H,25,26). The predicted molar refractivity (Wildman–Crippen MR) is 102 cm³/mol. The molecular weight excluding hydrogens is 329 g/mol. The minimum absolute atomic E-state index is 0.245. The van der Waals surface area contributed by atoms with Crippen LogP contribution in [0.5, 0.6) is 0 Å². The largest absolute Gasteiger partial charge is 0.373 e. The van der Waals surface area contributed by atoms with Gasteiger partial charge in [-0.3, -0.25) is 5.10 Å². The highest BCUT2D eigenvalue weighted by atomic mass is 19.1. The van der Waals surface area contributed by atoms with E-state index in [1.807, 2.05) is 19.2 Å². The first-order valence-electron chi connectivity index (χ1n) is 8.95. The van der Waals surface area contributed by atoms with E-state index in [0.29, 0.717) is 5.92 Å². The Bertz CT molecular complexity index is 881. The Morgan fingerprint density at radius 2 is 1.85 bits per heavy atom. The molecule has 4 rings (SSSR count). The second-order valence-electron chi connectivity index (χ2n) is 6.57. The molecule has 0 bridgehead atoms. The van der Waals surface area contributed by atoms with Crippen LogP contribution in [0.1, 0.15) is 24.5 Å². The summed E-state index contributed by atoms with van der Waals surface area (Å²) in [5.41, 5.74) is 5.06. The summed E-state index contributed by atoms with van der Waals surface area (Å²) < 4.78 is 13.4. The summed E-state index contributed by atoms with van der Waals surface area (Å²) in [5.74, 6) is 0.995. The van der Waals surface area contributed by atoms with Gasteiger partial charge in [-0.25, -0.2) is 9.37 Å². The molecule has 3 heterocycles. The number of anilines is 1. The van der Waals surface area contributed by atoms with E-state index in [9.17, 15) is 4.39 Å². The van der Waals surface area contributed by atoms with Crippen LogP contribution in [0.25, 0.3) is 22.4 Å². The van der Waals surface area contributed by atoms with Crippen molar-refractivity contribution >= 4 is 5.82 Å². The van der Waals surface area contributed by atoms with Crippen LogP contribution in [0.4, 0.5) is 10.2 Å². The number of nitrogens with one attached hydrogen (secondary N) is 3. The second-order valence-corrected chi connectivity index (χ2v) is 6.57. The van der Waals surface area contributed by atoms with Crippen LogP contribution in [0.15, 0.2) is 42.6 Å². The number of hydrogen-bond donors (Lipinski definition) is 3. The van der Waals surface area contributed by atoms with Gasteiger partial charge in [-0.15, -0.1) is 0 Å². The zero-order valence-electron chi connectivity index (χ0n) is 14.7. The van der Waals surface area contributed by atoms with Crippen LogP contribution < -0.4 is 10.6 Å². The van der Waals surface area contributed by atoms with Crippen LogP contribution in [-0.2, 0) is 0 Å². The van der Waals surface area contributed by atoms with Gasteiger partial charge in [0.05, 0.1) is 0 Å². The molecule has 134 valence electrons. The Balaban J connectivity index is 1.86. The lowest BCUT2D eigenvalue weighted by Gasteiger charge is -2.23. The van der Waals surface area contributed by atoms with Crippen molar-refractivity contribution < 1.29 is 4.39 Å². The van der Waals surface area contributed by atoms with Gasteiger partial charge in [-0.05, 0) is 67.9 Å². The Morgan fingerprint density at radius 1 is 1.08 bits per heavy atom. The third kappa shape index (κ3) is 3.20. The van der Waals surface area contributed by atoms with E-state index < -0.39 is 0 Å². The smallest absolute Gasteiger partial charge is 0.126 e. The molecule has 0 radical (unpaired) electrons. The molecule has 0 atom stereocenters. The number of hydrogen-bond acceptors (Lipinski definition) is 4. The quantitative estimate of drug-likeness (QED) is 0.669. The van der Waals surface area contributed by atoms with Gasteiger partial charge >= 0.3 is 0 Å². The molecule has 0 unspecified atom stereocenters. The number of piperidine rings is 1. The van der Waals surface area contributed by atoms with E-state index in [4.69, 9.17) is 0 Å². The Hall–Kier alpha value is -2.73. The third-order valence-corrected chi connectivity index (χ3v) is 4.96. The number of aromatic amines is 1. The number of rotatable bonds is 4. The summed E-state index contributed by atoms with van der Waals surface area (Å²) in [6.45, 7) is 2.01. The maximum atomic E-state index is 13.4. The van der Waals surface area contributed by atoms with Gasteiger partial charge in [0.1, 0.15) is 17.3 Å². The Morgan fingerprint density at radius 3 is 2.58 bits per heavy atom. The van der Waals surface area contributed by atoms with Crippen LogP contribution in [0.3, 0.4) is 0 Å². The van der Waals surface area contributed by atoms with Crippen molar-refractivity contribution in [1.29, 1.82) is 0 Å². The zero-order chi connectivity index (χ0) is 17.9. The fourth-order valence-corrected chi connectivity index (χ4v) is 3.59. The lowest BCUT2D eigenvalue weighted by Crippen LogP contribution is -2.27. The molecule has 1 fully saturated rings. The molecular formula is C20H22FN5. The van der Waals surface area contributed by atoms with Crippen LogP contribution in [0, 0.1) is 5.82 Å². The van der Waals surface area contributed by atoms with E-state index in [2.05, 4.69) is 25.8 Å². The van der Waals surface area contributed by atoms with Gasteiger partial charge in [0.15, 0.2) is 0 Å². The van der Waals surface area contributed by atoms with E-state index in [-0.39, 0.29) is 5.82 Å². The van der Waals surface area contributed by atoms with E-state index in [0.717, 1.165) is 59.8 Å². The first kappa shape index (κ1) is 16.7. The normalized spacial score (nSPS) is 15.2. The van der Waals surface area contributed by atoms with Crippen molar-refractivity contribution in [2.75, 3.05) is 25.5 Å². The highest BCUT2D eigenvalue weighted by molar-refractivity contribution is 5.83. The van der Waals surface area contributed by atoms with Crippen LogP contribution in [-0.4, -0.2) is 35.3 Å². The molecule has 26 heavy (non-hydrogen) atoms. The lowest BCUT2D eigenvalue weighted by molar-refractivity contribution is 0.453. The summed E-state index contributed by atoms with van der Waals surface area (Å²) in [7, 11) is 1.86. The van der Waals surface area contributed by atoms with Crippen LogP contribution in [0.2, 0.25) is 0 Å². The molecule has 0 saturated carbocycles. The highest BCUT2D eigenvalue weighted by Crippen LogP contribution is 2.39. The summed E-state index contributed by atoms with van der Waals surface area (Å²) in [6, 6.07) is 10.5. The minimum Gasteiger partial charge on any atom is -0.373 e. The molecule has 0 spiro atoms. The molecule has 0 aliphatic carbocycles. The maximum Gasteiger partial charge on any atom is 0.126 e. The van der Waals surface area contributed by atoms with E-state index in [1.165, 1.54) is 12.1 Å².